The monoisotopic (exact) mass is 277 g/mol. The number of hydrogen-bond donors (Lipinski definition) is 1. The van der Waals surface area contributed by atoms with Gasteiger partial charge in [-0.05, 0) is 31.4 Å². The predicted octanol–water partition coefficient (Wildman–Crippen LogP) is 1.86. The van der Waals surface area contributed by atoms with Crippen LogP contribution in [0.1, 0.15) is 17.7 Å². The van der Waals surface area contributed by atoms with E-state index < -0.39 is 10.0 Å². The van der Waals surface area contributed by atoms with Crippen molar-refractivity contribution in [1.82, 2.24) is 10.2 Å². The summed E-state index contributed by atoms with van der Waals surface area (Å²) < 4.78 is 26.9. The van der Waals surface area contributed by atoms with E-state index in [1.807, 2.05) is 24.3 Å². The number of aryl methyl sites for hydroxylation is 2. The van der Waals surface area contributed by atoms with E-state index in [0.29, 0.717) is 12.2 Å². The fourth-order valence-corrected chi connectivity index (χ4v) is 4.13. The Morgan fingerprint density at radius 2 is 2.11 bits per heavy atom. The van der Waals surface area contributed by atoms with Crippen molar-refractivity contribution in [1.29, 1.82) is 0 Å². The van der Waals surface area contributed by atoms with Gasteiger partial charge in [-0.3, -0.25) is 9.40 Å². The van der Waals surface area contributed by atoms with Crippen LogP contribution in [-0.4, -0.2) is 25.2 Å². The number of aromatic amines is 1. The Hall–Kier alpha value is -1.82. The molecule has 6 heteroatoms. The Morgan fingerprint density at radius 3 is 2.84 bits per heavy atom. The van der Waals surface area contributed by atoms with Crippen molar-refractivity contribution in [3.05, 3.63) is 41.7 Å². The molecule has 0 saturated heterocycles. The first kappa shape index (κ1) is 12.2. The van der Waals surface area contributed by atoms with Gasteiger partial charge in [-0.1, -0.05) is 18.2 Å². The second-order valence-electron chi connectivity index (χ2n) is 4.67. The highest BCUT2D eigenvalue weighted by Gasteiger charge is 2.30. The molecule has 0 spiro atoms. The number of rotatable bonds is 2. The van der Waals surface area contributed by atoms with Gasteiger partial charge in [0.1, 0.15) is 4.90 Å². The van der Waals surface area contributed by atoms with Gasteiger partial charge < -0.3 is 0 Å². The normalized spacial score (nSPS) is 15.3. The maximum absolute atomic E-state index is 12.7. The second kappa shape index (κ2) is 4.38. The minimum atomic E-state index is -3.52. The molecule has 2 aromatic rings. The fraction of sp³-hybridized carbons (Fsp3) is 0.308. The summed E-state index contributed by atoms with van der Waals surface area (Å²) >= 11 is 0. The van der Waals surface area contributed by atoms with E-state index in [0.717, 1.165) is 24.1 Å². The number of aromatic nitrogens is 2. The summed E-state index contributed by atoms with van der Waals surface area (Å²) in [4.78, 5) is 0.254. The third-order valence-corrected chi connectivity index (χ3v) is 5.35. The van der Waals surface area contributed by atoms with Gasteiger partial charge in [0.2, 0.25) is 0 Å². The van der Waals surface area contributed by atoms with Crippen LogP contribution >= 0.6 is 0 Å². The minimum Gasteiger partial charge on any atom is -0.281 e. The van der Waals surface area contributed by atoms with Crippen LogP contribution in [0.4, 0.5) is 5.69 Å². The quantitative estimate of drug-likeness (QED) is 0.911. The molecule has 1 N–H and O–H groups in total. The molecule has 1 aromatic carbocycles. The van der Waals surface area contributed by atoms with Crippen LogP contribution in [0, 0.1) is 6.92 Å². The first-order chi connectivity index (χ1) is 9.10. The van der Waals surface area contributed by atoms with Crippen LogP contribution in [0.2, 0.25) is 0 Å². The van der Waals surface area contributed by atoms with Gasteiger partial charge in [0.25, 0.3) is 10.0 Å². The molecule has 5 nitrogen and oxygen atoms in total. The van der Waals surface area contributed by atoms with Crippen LogP contribution in [0.3, 0.4) is 0 Å². The summed E-state index contributed by atoms with van der Waals surface area (Å²) in [6.45, 7) is 2.24. The first-order valence-electron chi connectivity index (χ1n) is 6.21. The molecule has 19 heavy (non-hydrogen) atoms. The molecule has 1 aromatic heterocycles. The van der Waals surface area contributed by atoms with Crippen molar-refractivity contribution in [2.75, 3.05) is 10.8 Å². The predicted molar refractivity (Wildman–Crippen MR) is 72.6 cm³/mol. The van der Waals surface area contributed by atoms with Crippen LogP contribution in [0.25, 0.3) is 0 Å². The third kappa shape index (κ3) is 1.92. The Bertz CT molecular complexity index is 706. The lowest BCUT2D eigenvalue weighted by Crippen LogP contribution is -2.35. The van der Waals surface area contributed by atoms with Crippen LogP contribution in [0.15, 0.2) is 35.4 Å². The van der Waals surface area contributed by atoms with E-state index >= 15 is 0 Å². The molecule has 1 aliphatic rings. The zero-order valence-electron chi connectivity index (χ0n) is 10.6. The molecule has 0 radical (unpaired) electrons. The van der Waals surface area contributed by atoms with Gasteiger partial charge in [-0.25, -0.2) is 8.42 Å². The number of anilines is 1. The molecule has 0 bridgehead atoms. The lowest BCUT2D eigenvalue weighted by Gasteiger charge is -2.30. The van der Waals surface area contributed by atoms with Crippen molar-refractivity contribution >= 4 is 15.7 Å². The maximum atomic E-state index is 12.7. The molecule has 0 fully saturated rings. The molecular weight excluding hydrogens is 262 g/mol. The first-order valence-corrected chi connectivity index (χ1v) is 7.65. The molecule has 0 amide bonds. The summed E-state index contributed by atoms with van der Waals surface area (Å²) in [5.74, 6) is 0. The maximum Gasteiger partial charge on any atom is 0.267 e. The fourth-order valence-electron chi connectivity index (χ4n) is 2.47. The molecule has 0 saturated carbocycles. The smallest absolute Gasteiger partial charge is 0.267 e. The average molecular weight is 277 g/mol. The molecule has 0 unspecified atom stereocenters. The van der Waals surface area contributed by atoms with E-state index in [1.165, 1.54) is 10.5 Å². The Kier molecular flexibility index (Phi) is 2.82. The van der Waals surface area contributed by atoms with E-state index in [2.05, 4.69) is 10.2 Å². The number of sulfonamides is 1. The zero-order chi connectivity index (χ0) is 13.5. The lowest BCUT2D eigenvalue weighted by atomic mass is 10.0. The van der Waals surface area contributed by atoms with Crippen LogP contribution in [0.5, 0.6) is 0 Å². The summed E-state index contributed by atoms with van der Waals surface area (Å²) in [7, 11) is -3.52. The van der Waals surface area contributed by atoms with E-state index in [1.54, 1.807) is 6.92 Å². The van der Waals surface area contributed by atoms with Crippen LogP contribution in [-0.2, 0) is 16.4 Å². The highest BCUT2D eigenvalue weighted by molar-refractivity contribution is 7.92. The highest BCUT2D eigenvalue weighted by atomic mass is 32.2. The molecular formula is C13H15N3O2S. The minimum absolute atomic E-state index is 0.254. The molecule has 0 aliphatic carbocycles. The number of nitrogens with one attached hydrogen (secondary N) is 1. The lowest BCUT2D eigenvalue weighted by molar-refractivity contribution is 0.586. The SMILES string of the molecule is Cc1[nH]ncc1S(=O)(=O)N1CCCc2ccccc21. The van der Waals surface area contributed by atoms with Gasteiger partial charge in [0.05, 0.1) is 17.6 Å². The van der Waals surface area contributed by atoms with Gasteiger partial charge >= 0.3 is 0 Å². The van der Waals surface area contributed by atoms with Gasteiger partial charge in [0, 0.05) is 6.54 Å². The number of benzene rings is 1. The van der Waals surface area contributed by atoms with Gasteiger partial charge in [-0.15, -0.1) is 0 Å². The van der Waals surface area contributed by atoms with Gasteiger partial charge in [0.15, 0.2) is 0 Å². The summed E-state index contributed by atoms with van der Waals surface area (Å²) in [6.07, 6.45) is 3.14. The second-order valence-corrected chi connectivity index (χ2v) is 6.50. The Balaban J connectivity index is 2.12. The molecule has 0 atom stereocenters. The third-order valence-electron chi connectivity index (χ3n) is 3.42. The average Bonchev–Trinajstić information content (AvgIpc) is 2.85. The largest absolute Gasteiger partial charge is 0.281 e. The van der Waals surface area contributed by atoms with Gasteiger partial charge in [-0.2, -0.15) is 5.10 Å². The molecule has 3 rings (SSSR count). The van der Waals surface area contributed by atoms with Crippen molar-refractivity contribution in [2.45, 2.75) is 24.7 Å². The van der Waals surface area contributed by atoms with Crippen molar-refractivity contribution < 1.29 is 8.42 Å². The summed E-state index contributed by atoms with van der Waals surface area (Å²) in [6, 6.07) is 7.66. The molecule has 1 aliphatic heterocycles. The number of fused-ring (bicyclic) bond motifs is 1. The standard InChI is InChI=1S/C13H15N3O2S/c1-10-13(9-14-15-10)19(17,18)16-8-4-6-11-5-2-3-7-12(11)16/h2-3,5,7,9H,4,6,8H2,1H3,(H,14,15). The zero-order valence-corrected chi connectivity index (χ0v) is 11.4. The van der Waals surface area contributed by atoms with Crippen molar-refractivity contribution in [3.8, 4) is 0 Å². The van der Waals surface area contributed by atoms with Crippen LogP contribution < -0.4 is 4.31 Å². The Labute approximate surface area is 112 Å². The highest BCUT2D eigenvalue weighted by Crippen LogP contribution is 2.32. The topological polar surface area (TPSA) is 66.1 Å². The number of nitrogens with zero attached hydrogens (tertiary/aromatic N) is 2. The van der Waals surface area contributed by atoms with E-state index in [9.17, 15) is 8.42 Å². The number of para-hydroxylation sites is 1. The molecule has 2 heterocycles. The summed E-state index contributed by atoms with van der Waals surface area (Å²) in [5.41, 5.74) is 2.44. The summed E-state index contributed by atoms with van der Waals surface area (Å²) in [5, 5.41) is 6.49. The molecule has 100 valence electrons. The van der Waals surface area contributed by atoms with E-state index in [-0.39, 0.29) is 4.90 Å². The van der Waals surface area contributed by atoms with E-state index in [4.69, 9.17) is 0 Å². The number of H-pyrrole nitrogens is 1. The Morgan fingerprint density at radius 1 is 1.32 bits per heavy atom. The van der Waals surface area contributed by atoms with Crippen molar-refractivity contribution in [3.63, 3.8) is 0 Å². The van der Waals surface area contributed by atoms with Crippen molar-refractivity contribution in [2.24, 2.45) is 0 Å². The number of hydrogen-bond acceptors (Lipinski definition) is 3.